The van der Waals surface area contributed by atoms with E-state index >= 15 is 0 Å². The average molecular weight is 317 g/mol. The van der Waals surface area contributed by atoms with Gasteiger partial charge in [-0.2, -0.15) is 4.72 Å². The molecule has 0 aliphatic carbocycles. The van der Waals surface area contributed by atoms with Gasteiger partial charge in [-0.15, -0.1) is 10.2 Å². The van der Waals surface area contributed by atoms with Crippen molar-refractivity contribution in [3.8, 4) is 0 Å². The normalized spacial score (nSPS) is 11.5. The predicted octanol–water partition coefficient (Wildman–Crippen LogP) is 0.271. The minimum absolute atomic E-state index is 0.0920. The molecule has 0 bridgehead atoms. The number of anilines is 1. The van der Waals surface area contributed by atoms with Crippen LogP contribution in [0.5, 0.6) is 0 Å². The summed E-state index contributed by atoms with van der Waals surface area (Å²) in [7, 11) is -3.82. The molecule has 2 aromatic rings. The second kappa shape index (κ2) is 5.64. The van der Waals surface area contributed by atoms with Gasteiger partial charge in [0.05, 0.1) is 12.7 Å². The molecule has 0 fully saturated rings. The Bertz CT molecular complexity index is 720. The van der Waals surface area contributed by atoms with Crippen molar-refractivity contribution in [3.05, 3.63) is 17.8 Å². The van der Waals surface area contributed by atoms with Gasteiger partial charge in [-0.05, 0) is 6.92 Å². The van der Waals surface area contributed by atoms with Crippen molar-refractivity contribution >= 4 is 32.4 Å². The Labute approximate surface area is 118 Å². The van der Waals surface area contributed by atoms with Crippen molar-refractivity contribution in [1.82, 2.24) is 19.9 Å². The molecule has 20 heavy (non-hydrogen) atoms. The van der Waals surface area contributed by atoms with E-state index in [1.54, 1.807) is 6.92 Å². The molecule has 2 rings (SSSR count). The highest BCUT2D eigenvalue weighted by molar-refractivity contribution is 7.91. The van der Waals surface area contributed by atoms with E-state index < -0.39 is 10.0 Å². The molecule has 2 aromatic heterocycles. The summed E-state index contributed by atoms with van der Waals surface area (Å²) in [6.45, 7) is 2.90. The Morgan fingerprint density at radius 1 is 1.45 bits per heavy atom. The zero-order valence-corrected chi connectivity index (χ0v) is 12.2. The third-order valence-corrected chi connectivity index (χ3v) is 4.61. The summed E-state index contributed by atoms with van der Waals surface area (Å²) in [5, 5.41) is 9.54. The minimum Gasteiger partial charge on any atom is -0.445 e. The van der Waals surface area contributed by atoms with E-state index in [1.807, 2.05) is 0 Å². The summed E-state index contributed by atoms with van der Waals surface area (Å²) >= 11 is 0.753. The van der Waals surface area contributed by atoms with Crippen molar-refractivity contribution < 1.29 is 17.6 Å². The number of amides is 1. The molecule has 108 valence electrons. The molecule has 0 atom stereocenters. The van der Waals surface area contributed by atoms with Crippen LogP contribution in [-0.4, -0.2) is 29.5 Å². The lowest BCUT2D eigenvalue weighted by Crippen LogP contribution is -2.23. The van der Waals surface area contributed by atoms with E-state index in [4.69, 9.17) is 4.42 Å². The fourth-order valence-electron chi connectivity index (χ4n) is 1.22. The SMILES string of the molecule is CC(=O)Nc1nnc(S(=O)(=O)NCc2ncc(C)o2)s1. The van der Waals surface area contributed by atoms with E-state index in [0.29, 0.717) is 5.76 Å². The standard InChI is InChI=1S/C9H11N5O4S2/c1-5-3-10-7(18-5)4-11-20(16,17)9-14-13-8(19-9)12-6(2)15/h3,11H,4H2,1-2H3,(H,12,13,15). The van der Waals surface area contributed by atoms with Crippen molar-refractivity contribution in [1.29, 1.82) is 0 Å². The average Bonchev–Trinajstić information content (AvgIpc) is 2.95. The van der Waals surface area contributed by atoms with E-state index in [-0.39, 0.29) is 27.8 Å². The third kappa shape index (κ3) is 3.59. The summed E-state index contributed by atoms with van der Waals surface area (Å²) in [6, 6.07) is 0. The Morgan fingerprint density at radius 2 is 2.20 bits per heavy atom. The van der Waals surface area contributed by atoms with Gasteiger partial charge in [0.1, 0.15) is 5.76 Å². The van der Waals surface area contributed by atoms with Crippen molar-refractivity contribution in [2.45, 2.75) is 24.7 Å². The molecule has 2 heterocycles. The Morgan fingerprint density at radius 3 is 2.80 bits per heavy atom. The maximum atomic E-state index is 11.9. The Kier molecular flexibility index (Phi) is 4.11. The van der Waals surface area contributed by atoms with Gasteiger partial charge in [0, 0.05) is 6.92 Å². The van der Waals surface area contributed by atoms with Gasteiger partial charge in [0.25, 0.3) is 10.0 Å². The van der Waals surface area contributed by atoms with Crippen LogP contribution in [0.2, 0.25) is 0 Å². The molecule has 2 N–H and O–H groups in total. The molecule has 0 aliphatic heterocycles. The van der Waals surface area contributed by atoms with Gasteiger partial charge in [-0.1, -0.05) is 11.3 Å². The van der Waals surface area contributed by atoms with Gasteiger partial charge < -0.3 is 9.73 Å². The quantitative estimate of drug-likeness (QED) is 0.758. The predicted molar refractivity (Wildman–Crippen MR) is 69.5 cm³/mol. The zero-order chi connectivity index (χ0) is 14.8. The number of nitrogens with zero attached hydrogens (tertiary/aromatic N) is 3. The number of carbonyl (C=O) groups excluding carboxylic acids is 1. The number of sulfonamides is 1. The maximum absolute atomic E-state index is 11.9. The number of aryl methyl sites for hydroxylation is 1. The van der Waals surface area contributed by atoms with Crippen molar-refractivity contribution in [2.24, 2.45) is 0 Å². The van der Waals surface area contributed by atoms with Gasteiger partial charge in [-0.3, -0.25) is 4.79 Å². The lowest BCUT2D eigenvalue weighted by atomic mass is 10.6. The highest BCUT2D eigenvalue weighted by Crippen LogP contribution is 2.19. The molecule has 0 radical (unpaired) electrons. The number of oxazole rings is 1. The molecule has 11 heteroatoms. The van der Waals surface area contributed by atoms with E-state index in [0.717, 1.165) is 11.3 Å². The molecule has 0 saturated heterocycles. The topological polar surface area (TPSA) is 127 Å². The molecular weight excluding hydrogens is 306 g/mol. The fraction of sp³-hybridized carbons (Fsp3) is 0.333. The minimum atomic E-state index is -3.82. The van der Waals surface area contributed by atoms with Crippen LogP contribution in [0.4, 0.5) is 5.13 Å². The third-order valence-electron chi connectivity index (χ3n) is 2.00. The molecule has 0 aromatic carbocycles. The second-order valence-corrected chi connectivity index (χ2v) is 6.66. The highest BCUT2D eigenvalue weighted by atomic mass is 32.2. The summed E-state index contributed by atoms with van der Waals surface area (Å²) in [6.07, 6.45) is 1.49. The highest BCUT2D eigenvalue weighted by Gasteiger charge is 2.21. The van der Waals surface area contributed by atoms with Crippen LogP contribution >= 0.6 is 11.3 Å². The van der Waals surface area contributed by atoms with E-state index in [9.17, 15) is 13.2 Å². The van der Waals surface area contributed by atoms with Crippen LogP contribution in [0.15, 0.2) is 15.0 Å². The largest absolute Gasteiger partial charge is 0.445 e. The molecular formula is C9H11N5O4S2. The molecule has 1 amide bonds. The van der Waals surface area contributed by atoms with E-state index in [1.165, 1.54) is 13.1 Å². The van der Waals surface area contributed by atoms with Gasteiger partial charge in [0.2, 0.25) is 21.3 Å². The Balaban J connectivity index is 2.06. The van der Waals surface area contributed by atoms with Crippen LogP contribution < -0.4 is 10.0 Å². The number of aromatic nitrogens is 3. The number of nitrogens with one attached hydrogen (secondary N) is 2. The van der Waals surface area contributed by atoms with Crippen LogP contribution in [0.3, 0.4) is 0 Å². The second-order valence-electron chi connectivity index (χ2n) is 3.74. The number of rotatable bonds is 5. The molecule has 0 saturated carbocycles. The molecule has 0 unspecified atom stereocenters. The van der Waals surface area contributed by atoms with Crippen molar-refractivity contribution in [3.63, 3.8) is 0 Å². The molecule has 9 nitrogen and oxygen atoms in total. The van der Waals surface area contributed by atoms with E-state index in [2.05, 4.69) is 25.2 Å². The van der Waals surface area contributed by atoms with Gasteiger partial charge >= 0.3 is 0 Å². The van der Waals surface area contributed by atoms with Crippen LogP contribution in [0, 0.1) is 6.92 Å². The summed E-state index contributed by atoms with van der Waals surface area (Å²) < 4.78 is 31.0. The van der Waals surface area contributed by atoms with Gasteiger partial charge in [0.15, 0.2) is 0 Å². The molecule has 0 spiro atoms. The number of carbonyl (C=O) groups is 1. The first kappa shape index (κ1) is 14.6. The van der Waals surface area contributed by atoms with Crippen LogP contribution in [0.25, 0.3) is 0 Å². The summed E-state index contributed by atoms with van der Waals surface area (Å²) in [4.78, 5) is 14.7. The van der Waals surface area contributed by atoms with Crippen LogP contribution in [0.1, 0.15) is 18.6 Å². The fourth-order valence-corrected chi connectivity index (χ4v) is 3.18. The number of hydrogen-bond donors (Lipinski definition) is 2. The number of hydrogen-bond acceptors (Lipinski definition) is 8. The monoisotopic (exact) mass is 317 g/mol. The lowest BCUT2D eigenvalue weighted by molar-refractivity contribution is -0.114. The first-order valence-electron chi connectivity index (χ1n) is 5.39. The first-order chi connectivity index (χ1) is 9.37. The Hall–Kier alpha value is -1.85. The van der Waals surface area contributed by atoms with Crippen molar-refractivity contribution in [2.75, 3.05) is 5.32 Å². The van der Waals surface area contributed by atoms with Gasteiger partial charge in [-0.25, -0.2) is 13.4 Å². The first-order valence-corrected chi connectivity index (χ1v) is 7.69. The maximum Gasteiger partial charge on any atom is 0.270 e. The molecule has 0 aliphatic rings. The summed E-state index contributed by atoms with van der Waals surface area (Å²) in [5.74, 6) is 0.481. The smallest absolute Gasteiger partial charge is 0.270 e. The summed E-state index contributed by atoms with van der Waals surface area (Å²) in [5.41, 5.74) is 0. The lowest BCUT2D eigenvalue weighted by Gasteiger charge is -1.99. The van der Waals surface area contributed by atoms with Crippen LogP contribution in [-0.2, 0) is 21.4 Å². The zero-order valence-electron chi connectivity index (χ0n) is 10.6.